The molecule has 0 aromatic heterocycles. The van der Waals surface area contributed by atoms with E-state index in [9.17, 15) is 0 Å². The van der Waals surface area contributed by atoms with Gasteiger partial charge in [0.1, 0.15) is 0 Å². The third kappa shape index (κ3) is 4.10. The van der Waals surface area contributed by atoms with Crippen LogP contribution < -0.4 is 5.32 Å². The van der Waals surface area contributed by atoms with Crippen molar-refractivity contribution in [3.05, 3.63) is 0 Å². The summed E-state index contributed by atoms with van der Waals surface area (Å²) in [5.74, 6) is 0. The molecule has 0 bridgehead atoms. The van der Waals surface area contributed by atoms with Crippen LogP contribution in [0.1, 0.15) is 41.0 Å². The van der Waals surface area contributed by atoms with Crippen LogP contribution in [0.25, 0.3) is 0 Å². The molecule has 0 amide bonds. The van der Waals surface area contributed by atoms with Crippen LogP contribution in [-0.4, -0.2) is 36.6 Å². The minimum atomic E-state index is 0.564. The molecule has 2 nitrogen and oxygen atoms in total. The molecule has 0 aliphatic heterocycles. The fourth-order valence-electron chi connectivity index (χ4n) is 1.72. The van der Waals surface area contributed by atoms with E-state index in [-0.39, 0.29) is 0 Å². The van der Waals surface area contributed by atoms with Crippen molar-refractivity contribution >= 4 is 0 Å². The normalized spacial score (nSPS) is 16.6. The van der Waals surface area contributed by atoms with Crippen LogP contribution in [0.4, 0.5) is 0 Å². The Kier molecular flexibility index (Phi) is 6.35. The smallest absolute Gasteiger partial charge is 0.0220 e. The van der Waals surface area contributed by atoms with Gasteiger partial charge in [0.25, 0.3) is 0 Å². The van der Waals surface area contributed by atoms with Crippen LogP contribution in [0.15, 0.2) is 0 Å². The van der Waals surface area contributed by atoms with Gasteiger partial charge in [0.05, 0.1) is 0 Å². The highest BCUT2D eigenvalue weighted by Gasteiger charge is 2.20. The van der Waals surface area contributed by atoms with Crippen molar-refractivity contribution in [1.82, 2.24) is 10.2 Å². The Morgan fingerprint density at radius 3 is 2.00 bits per heavy atom. The van der Waals surface area contributed by atoms with Crippen molar-refractivity contribution in [2.75, 3.05) is 13.6 Å². The highest BCUT2D eigenvalue weighted by Crippen LogP contribution is 2.09. The van der Waals surface area contributed by atoms with Crippen molar-refractivity contribution in [1.29, 1.82) is 0 Å². The van der Waals surface area contributed by atoms with E-state index in [0.29, 0.717) is 18.1 Å². The molecule has 13 heavy (non-hydrogen) atoms. The van der Waals surface area contributed by atoms with Crippen LogP contribution in [0.2, 0.25) is 0 Å². The lowest BCUT2D eigenvalue weighted by Crippen LogP contribution is -2.49. The molecule has 0 fully saturated rings. The zero-order valence-electron chi connectivity index (χ0n) is 10.1. The Morgan fingerprint density at radius 1 is 1.15 bits per heavy atom. The molecule has 1 N–H and O–H groups in total. The Balaban J connectivity index is 4.18. The third-order valence-electron chi connectivity index (χ3n) is 2.85. The molecule has 0 radical (unpaired) electrons. The van der Waals surface area contributed by atoms with Gasteiger partial charge in [-0.3, -0.25) is 4.90 Å². The minimum absolute atomic E-state index is 0.564. The molecule has 0 aromatic carbocycles. The Hall–Kier alpha value is -0.0800. The van der Waals surface area contributed by atoms with Gasteiger partial charge in [-0.2, -0.15) is 0 Å². The van der Waals surface area contributed by atoms with Gasteiger partial charge >= 0.3 is 0 Å². The van der Waals surface area contributed by atoms with E-state index in [0.717, 1.165) is 0 Å². The summed E-state index contributed by atoms with van der Waals surface area (Å²) >= 11 is 0. The highest BCUT2D eigenvalue weighted by atomic mass is 15.2. The molecule has 0 aromatic rings. The summed E-state index contributed by atoms with van der Waals surface area (Å²) in [5.41, 5.74) is 0. The van der Waals surface area contributed by atoms with Crippen molar-refractivity contribution in [2.45, 2.75) is 59.2 Å². The van der Waals surface area contributed by atoms with Gasteiger partial charge in [0, 0.05) is 18.1 Å². The van der Waals surface area contributed by atoms with Gasteiger partial charge < -0.3 is 5.32 Å². The lowest BCUT2D eigenvalue weighted by molar-refractivity contribution is 0.139. The van der Waals surface area contributed by atoms with Crippen LogP contribution in [0, 0.1) is 0 Å². The summed E-state index contributed by atoms with van der Waals surface area (Å²) in [6, 6.07) is 1.82. The molecule has 2 unspecified atom stereocenters. The maximum Gasteiger partial charge on any atom is 0.0220 e. The Morgan fingerprint density at radius 2 is 1.69 bits per heavy atom. The zero-order valence-corrected chi connectivity index (χ0v) is 10.1. The van der Waals surface area contributed by atoms with Crippen LogP contribution >= 0.6 is 0 Å². The molecule has 0 rings (SSSR count). The first-order chi connectivity index (χ1) is 6.04. The van der Waals surface area contributed by atoms with E-state index in [1.54, 1.807) is 0 Å². The summed E-state index contributed by atoms with van der Waals surface area (Å²) in [4.78, 5) is 2.56. The first-order valence-electron chi connectivity index (χ1n) is 5.47. The van der Waals surface area contributed by atoms with E-state index < -0.39 is 0 Å². The summed E-state index contributed by atoms with van der Waals surface area (Å²) in [6.07, 6.45) is 1.24. The third-order valence-corrected chi connectivity index (χ3v) is 2.85. The number of hydrogen-bond donors (Lipinski definition) is 1. The Bertz CT molecular complexity index is 123. The summed E-state index contributed by atoms with van der Waals surface area (Å²) in [5, 5.41) is 3.32. The van der Waals surface area contributed by atoms with Gasteiger partial charge in [0.2, 0.25) is 0 Å². The van der Waals surface area contributed by atoms with E-state index >= 15 is 0 Å². The summed E-state index contributed by atoms with van der Waals surface area (Å²) in [7, 11) is 2.03. The first kappa shape index (κ1) is 12.9. The average molecular weight is 186 g/mol. The molecule has 0 heterocycles. The maximum absolute atomic E-state index is 3.32. The SMILES string of the molecule is CCCN(C(C)C)C(C)C(C)NC. The number of rotatable bonds is 6. The second-order valence-corrected chi connectivity index (χ2v) is 4.15. The van der Waals surface area contributed by atoms with Crippen molar-refractivity contribution < 1.29 is 0 Å². The summed E-state index contributed by atoms with van der Waals surface area (Å²) < 4.78 is 0. The molecular formula is C11H26N2. The Labute approximate surface area is 83.7 Å². The fourth-order valence-corrected chi connectivity index (χ4v) is 1.72. The molecule has 0 spiro atoms. The number of likely N-dealkylation sites (N-methyl/N-ethyl adjacent to an activating group) is 1. The van der Waals surface area contributed by atoms with Crippen LogP contribution in [-0.2, 0) is 0 Å². The number of nitrogens with zero attached hydrogens (tertiary/aromatic N) is 1. The molecule has 0 aliphatic rings. The van der Waals surface area contributed by atoms with Gasteiger partial charge in [-0.25, -0.2) is 0 Å². The average Bonchev–Trinajstić information content (AvgIpc) is 2.11. The second kappa shape index (κ2) is 6.39. The lowest BCUT2D eigenvalue weighted by Gasteiger charge is -2.36. The van der Waals surface area contributed by atoms with E-state index in [4.69, 9.17) is 0 Å². The van der Waals surface area contributed by atoms with E-state index in [2.05, 4.69) is 44.8 Å². The second-order valence-electron chi connectivity index (χ2n) is 4.15. The van der Waals surface area contributed by atoms with E-state index in [1.165, 1.54) is 13.0 Å². The maximum atomic E-state index is 3.32. The van der Waals surface area contributed by atoms with Gasteiger partial charge in [0.15, 0.2) is 0 Å². The fraction of sp³-hybridized carbons (Fsp3) is 1.00. The van der Waals surface area contributed by atoms with Crippen LogP contribution in [0.5, 0.6) is 0 Å². The number of hydrogen-bond acceptors (Lipinski definition) is 2. The monoisotopic (exact) mass is 186 g/mol. The predicted molar refractivity (Wildman–Crippen MR) is 60.1 cm³/mol. The van der Waals surface area contributed by atoms with Crippen molar-refractivity contribution in [2.24, 2.45) is 0 Å². The lowest BCUT2D eigenvalue weighted by atomic mass is 10.1. The van der Waals surface area contributed by atoms with Gasteiger partial charge in [-0.05, 0) is 47.7 Å². The largest absolute Gasteiger partial charge is 0.316 e. The molecule has 2 heteroatoms. The van der Waals surface area contributed by atoms with Crippen LogP contribution in [0.3, 0.4) is 0 Å². The first-order valence-corrected chi connectivity index (χ1v) is 5.47. The molecule has 80 valence electrons. The zero-order chi connectivity index (χ0) is 10.4. The molecule has 0 aliphatic carbocycles. The quantitative estimate of drug-likeness (QED) is 0.683. The highest BCUT2D eigenvalue weighted by molar-refractivity contribution is 4.78. The van der Waals surface area contributed by atoms with Crippen molar-refractivity contribution in [3.63, 3.8) is 0 Å². The van der Waals surface area contributed by atoms with Gasteiger partial charge in [-0.1, -0.05) is 6.92 Å². The predicted octanol–water partition coefficient (Wildman–Crippen LogP) is 2.10. The molecular weight excluding hydrogens is 160 g/mol. The van der Waals surface area contributed by atoms with Gasteiger partial charge in [-0.15, -0.1) is 0 Å². The van der Waals surface area contributed by atoms with Crippen molar-refractivity contribution in [3.8, 4) is 0 Å². The topological polar surface area (TPSA) is 15.3 Å². The standard InChI is InChI=1S/C11H26N2/c1-7-8-13(9(2)3)11(5)10(4)12-6/h9-12H,7-8H2,1-6H3. The molecule has 0 saturated heterocycles. The minimum Gasteiger partial charge on any atom is -0.316 e. The van der Waals surface area contributed by atoms with E-state index in [1.807, 2.05) is 7.05 Å². The number of nitrogens with one attached hydrogen (secondary N) is 1. The summed E-state index contributed by atoms with van der Waals surface area (Å²) in [6.45, 7) is 12.5. The molecule has 0 saturated carbocycles. The molecule has 2 atom stereocenters.